The molecule has 5 heteroatoms. The van der Waals surface area contributed by atoms with Gasteiger partial charge in [-0.1, -0.05) is 0 Å². The number of carboxylic acid groups (broad SMARTS) is 1. The summed E-state index contributed by atoms with van der Waals surface area (Å²) < 4.78 is 25.9. The van der Waals surface area contributed by atoms with Gasteiger partial charge in [-0.3, -0.25) is 10.1 Å². The molecule has 0 bridgehead atoms. The van der Waals surface area contributed by atoms with Crippen LogP contribution in [0, 0.1) is 11.6 Å². The van der Waals surface area contributed by atoms with E-state index in [-0.39, 0.29) is 11.6 Å². The lowest BCUT2D eigenvalue weighted by atomic mass is 10.1. The summed E-state index contributed by atoms with van der Waals surface area (Å²) in [5.74, 6) is -2.74. The second-order valence-electron chi connectivity index (χ2n) is 3.80. The summed E-state index contributed by atoms with van der Waals surface area (Å²) in [5, 5.41) is 11.7. The molecule has 1 unspecified atom stereocenters. The quantitative estimate of drug-likeness (QED) is 0.831. The van der Waals surface area contributed by atoms with Crippen LogP contribution in [0.2, 0.25) is 0 Å². The summed E-state index contributed by atoms with van der Waals surface area (Å²) in [7, 11) is 0. The van der Waals surface area contributed by atoms with E-state index in [0.29, 0.717) is 6.07 Å². The fraction of sp³-hybridized carbons (Fsp3) is 0.364. The Kier molecular flexibility index (Phi) is 3.95. The smallest absolute Gasteiger partial charge is 0.325 e. The lowest BCUT2D eigenvalue weighted by Crippen LogP contribution is -2.33. The molecule has 0 heterocycles. The molecule has 16 heavy (non-hydrogen) atoms. The monoisotopic (exact) mass is 229 g/mol. The Bertz CT molecular complexity index is 373. The molecule has 2 N–H and O–H groups in total. The first-order chi connectivity index (χ1) is 7.40. The van der Waals surface area contributed by atoms with E-state index in [1.165, 1.54) is 0 Å². The zero-order valence-corrected chi connectivity index (χ0v) is 9.00. The molecule has 1 atom stereocenters. The highest BCUT2D eigenvalue weighted by molar-refractivity contribution is 5.75. The molecule has 88 valence electrons. The van der Waals surface area contributed by atoms with E-state index in [1.807, 2.05) is 0 Å². The molecule has 0 saturated heterocycles. The summed E-state index contributed by atoms with van der Waals surface area (Å²) >= 11 is 0. The zero-order chi connectivity index (χ0) is 12.3. The molecule has 1 rings (SSSR count). The molecule has 0 saturated carbocycles. The van der Waals surface area contributed by atoms with Crippen LogP contribution < -0.4 is 5.32 Å². The average Bonchev–Trinajstić information content (AvgIpc) is 2.11. The molecule has 0 amide bonds. The van der Waals surface area contributed by atoms with Gasteiger partial charge in [-0.25, -0.2) is 8.78 Å². The van der Waals surface area contributed by atoms with Crippen LogP contribution in [-0.4, -0.2) is 17.1 Å². The Morgan fingerprint density at radius 1 is 1.25 bits per heavy atom. The van der Waals surface area contributed by atoms with Gasteiger partial charge in [-0.2, -0.15) is 0 Å². The molecule has 3 nitrogen and oxygen atoms in total. The minimum atomic E-state index is -1.17. The van der Waals surface area contributed by atoms with E-state index in [0.717, 1.165) is 12.1 Å². The largest absolute Gasteiger partial charge is 0.480 e. The molecule has 0 aliphatic carbocycles. The molecule has 0 aliphatic rings. The number of benzene rings is 1. The van der Waals surface area contributed by atoms with Gasteiger partial charge in [0.15, 0.2) is 0 Å². The van der Waals surface area contributed by atoms with Crippen molar-refractivity contribution in [2.75, 3.05) is 0 Å². The minimum absolute atomic E-state index is 0.0682. The van der Waals surface area contributed by atoms with E-state index < -0.39 is 23.6 Å². The summed E-state index contributed by atoms with van der Waals surface area (Å²) in [6.07, 6.45) is 0. The van der Waals surface area contributed by atoms with Crippen molar-refractivity contribution >= 4 is 5.97 Å². The maximum Gasteiger partial charge on any atom is 0.325 e. The topological polar surface area (TPSA) is 49.3 Å². The van der Waals surface area contributed by atoms with Gasteiger partial charge in [0.05, 0.1) is 0 Å². The molecule has 0 radical (unpaired) electrons. The van der Waals surface area contributed by atoms with Gasteiger partial charge in [0.1, 0.15) is 17.7 Å². The van der Waals surface area contributed by atoms with E-state index >= 15 is 0 Å². The number of aliphatic carboxylic acids is 1. The van der Waals surface area contributed by atoms with Crippen LogP contribution in [-0.2, 0) is 4.79 Å². The molecule has 1 aromatic carbocycles. The predicted octanol–water partition coefficient (Wildman–Crippen LogP) is 2.09. The van der Waals surface area contributed by atoms with Crippen molar-refractivity contribution in [3.8, 4) is 0 Å². The van der Waals surface area contributed by atoms with Crippen molar-refractivity contribution in [2.24, 2.45) is 0 Å². The Balaban J connectivity index is 3.05. The second kappa shape index (κ2) is 5.03. The van der Waals surface area contributed by atoms with Gasteiger partial charge in [-0.05, 0) is 31.5 Å². The van der Waals surface area contributed by atoms with Crippen LogP contribution in [0.3, 0.4) is 0 Å². The number of hydrogen-bond donors (Lipinski definition) is 2. The fourth-order valence-corrected chi connectivity index (χ4v) is 1.39. The molecular weight excluding hydrogens is 216 g/mol. The van der Waals surface area contributed by atoms with Crippen LogP contribution >= 0.6 is 0 Å². The maximum atomic E-state index is 12.9. The number of nitrogens with one attached hydrogen (secondary N) is 1. The first kappa shape index (κ1) is 12.6. The number of carboxylic acids is 1. The van der Waals surface area contributed by atoms with Crippen LogP contribution in [0.15, 0.2) is 18.2 Å². The van der Waals surface area contributed by atoms with Crippen molar-refractivity contribution in [1.82, 2.24) is 5.32 Å². The van der Waals surface area contributed by atoms with Crippen LogP contribution in [0.5, 0.6) is 0 Å². The van der Waals surface area contributed by atoms with Crippen LogP contribution in [0.1, 0.15) is 25.5 Å². The Hall–Kier alpha value is -1.49. The molecular formula is C11H13F2NO2. The van der Waals surface area contributed by atoms with Crippen molar-refractivity contribution in [3.63, 3.8) is 0 Å². The van der Waals surface area contributed by atoms with Gasteiger partial charge in [-0.15, -0.1) is 0 Å². The molecule has 0 aromatic heterocycles. The Labute approximate surface area is 92.1 Å². The summed E-state index contributed by atoms with van der Waals surface area (Å²) in [6, 6.07) is 1.52. The highest BCUT2D eigenvalue weighted by atomic mass is 19.1. The van der Waals surface area contributed by atoms with Gasteiger partial charge in [0.2, 0.25) is 0 Å². The summed E-state index contributed by atoms with van der Waals surface area (Å²) in [6.45, 7) is 3.51. The van der Waals surface area contributed by atoms with Crippen molar-refractivity contribution < 1.29 is 18.7 Å². The Morgan fingerprint density at radius 3 is 2.12 bits per heavy atom. The van der Waals surface area contributed by atoms with Crippen molar-refractivity contribution in [2.45, 2.75) is 25.9 Å². The first-order valence-corrected chi connectivity index (χ1v) is 4.85. The summed E-state index contributed by atoms with van der Waals surface area (Å²) in [5.41, 5.74) is 0.0682. The third kappa shape index (κ3) is 3.27. The molecule has 0 spiro atoms. The predicted molar refractivity (Wildman–Crippen MR) is 55.0 cm³/mol. The van der Waals surface area contributed by atoms with Crippen molar-refractivity contribution in [3.05, 3.63) is 35.4 Å². The number of halogens is 2. The fourth-order valence-electron chi connectivity index (χ4n) is 1.39. The normalized spacial score (nSPS) is 12.8. The standard InChI is InChI=1S/C11H13F2NO2/c1-6(2)14-10(11(15)16)7-3-8(12)5-9(13)4-7/h3-6,10,14H,1-2H3,(H,15,16). The third-order valence-corrected chi connectivity index (χ3v) is 1.97. The average molecular weight is 229 g/mol. The lowest BCUT2D eigenvalue weighted by molar-refractivity contribution is -0.139. The van der Waals surface area contributed by atoms with Crippen LogP contribution in [0.4, 0.5) is 8.78 Å². The molecule has 1 aromatic rings. The van der Waals surface area contributed by atoms with Crippen LogP contribution in [0.25, 0.3) is 0 Å². The SMILES string of the molecule is CC(C)NC(C(=O)O)c1cc(F)cc(F)c1. The number of rotatable bonds is 4. The van der Waals surface area contributed by atoms with E-state index in [9.17, 15) is 13.6 Å². The van der Waals surface area contributed by atoms with E-state index in [2.05, 4.69) is 5.32 Å². The number of carbonyl (C=O) groups is 1. The zero-order valence-electron chi connectivity index (χ0n) is 9.00. The highest BCUT2D eigenvalue weighted by Crippen LogP contribution is 2.17. The highest BCUT2D eigenvalue weighted by Gasteiger charge is 2.21. The van der Waals surface area contributed by atoms with Gasteiger partial charge < -0.3 is 5.11 Å². The second-order valence-corrected chi connectivity index (χ2v) is 3.80. The van der Waals surface area contributed by atoms with Crippen molar-refractivity contribution in [1.29, 1.82) is 0 Å². The van der Waals surface area contributed by atoms with E-state index in [4.69, 9.17) is 5.11 Å². The van der Waals surface area contributed by atoms with Gasteiger partial charge in [0.25, 0.3) is 0 Å². The summed E-state index contributed by atoms with van der Waals surface area (Å²) in [4.78, 5) is 11.0. The Morgan fingerprint density at radius 2 is 1.75 bits per heavy atom. The first-order valence-electron chi connectivity index (χ1n) is 4.85. The number of hydrogen-bond acceptors (Lipinski definition) is 2. The minimum Gasteiger partial charge on any atom is -0.480 e. The van der Waals surface area contributed by atoms with E-state index in [1.54, 1.807) is 13.8 Å². The molecule has 0 fully saturated rings. The van der Waals surface area contributed by atoms with Gasteiger partial charge in [0, 0.05) is 12.1 Å². The lowest BCUT2D eigenvalue weighted by Gasteiger charge is -2.17. The molecule has 0 aliphatic heterocycles. The maximum absolute atomic E-state index is 12.9. The van der Waals surface area contributed by atoms with Gasteiger partial charge >= 0.3 is 5.97 Å². The third-order valence-electron chi connectivity index (χ3n) is 1.97.